The van der Waals surface area contributed by atoms with Crippen LogP contribution in [0.2, 0.25) is 0 Å². The minimum Gasteiger partial charge on any atom is -0.494 e. The zero-order chi connectivity index (χ0) is 19.2. The Kier molecular flexibility index (Phi) is 5.59. The number of aromatic nitrogens is 1. The molecular formula is C20H15N3O3S. The molecule has 0 saturated heterocycles. The summed E-state index contributed by atoms with van der Waals surface area (Å²) in [4.78, 5) is 14.8. The first-order valence-electron chi connectivity index (χ1n) is 8.16. The molecule has 0 bridgehead atoms. The number of allylic oxidation sites excluding steroid dienone is 1. The lowest BCUT2D eigenvalue weighted by Crippen LogP contribution is -1.90. The molecule has 0 fully saturated rings. The number of rotatable bonds is 6. The Labute approximate surface area is 160 Å². The molecule has 0 saturated carbocycles. The summed E-state index contributed by atoms with van der Waals surface area (Å²) in [6.07, 6.45) is 1.77. The van der Waals surface area contributed by atoms with Crippen molar-refractivity contribution in [3.05, 3.63) is 74.6 Å². The highest BCUT2D eigenvalue weighted by Gasteiger charge is 2.11. The molecule has 0 aliphatic heterocycles. The highest BCUT2D eigenvalue weighted by Crippen LogP contribution is 2.28. The van der Waals surface area contributed by atoms with E-state index in [1.165, 1.54) is 23.5 Å². The third kappa shape index (κ3) is 4.37. The van der Waals surface area contributed by atoms with Crippen LogP contribution in [-0.4, -0.2) is 16.5 Å². The predicted molar refractivity (Wildman–Crippen MR) is 105 cm³/mol. The maximum Gasteiger partial charge on any atom is 0.269 e. The number of nitro benzene ring substituents is 1. The van der Waals surface area contributed by atoms with Crippen LogP contribution in [0.3, 0.4) is 0 Å². The van der Waals surface area contributed by atoms with E-state index in [9.17, 15) is 15.4 Å². The molecule has 0 aliphatic carbocycles. The summed E-state index contributed by atoms with van der Waals surface area (Å²) in [6, 6.07) is 15.8. The number of benzene rings is 2. The number of ether oxygens (including phenoxy) is 1. The van der Waals surface area contributed by atoms with Gasteiger partial charge in [-0.25, -0.2) is 4.98 Å². The number of hydrogen-bond acceptors (Lipinski definition) is 6. The van der Waals surface area contributed by atoms with Crippen molar-refractivity contribution in [3.63, 3.8) is 0 Å². The SMILES string of the molecule is CCOc1ccc(/C=C(\C#N)c2nc(-c3ccc([N+](=O)[O-])cc3)cs2)cc1. The van der Waals surface area contributed by atoms with Gasteiger partial charge in [0.25, 0.3) is 5.69 Å². The molecule has 0 spiro atoms. The van der Waals surface area contributed by atoms with Crippen LogP contribution in [0.5, 0.6) is 5.75 Å². The van der Waals surface area contributed by atoms with Crippen molar-refractivity contribution < 1.29 is 9.66 Å². The van der Waals surface area contributed by atoms with Crippen molar-refractivity contribution in [2.24, 2.45) is 0 Å². The van der Waals surface area contributed by atoms with Gasteiger partial charge < -0.3 is 4.74 Å². The molecule has 0 N–H and O–H groups in total. The van der Waals surface area contributed by atoms with Gasteiger partial charge in [-0.05, 0) is 42.8 Å². The van der Waals surface area contributed by atoms with Gasteiger partial charge in [-0.1, -0.05) is 12.1 Å². The van der Waals surface area contributed by atoms with Crippen molar-refractivity contribution >= 4 is 28.7 Å². The van der Waals surface area contributed by atoms with Crippen LogP contribution in [0, 0.1) is 21.4 Å². The van der Waals surface area contributed by atoms with Gasteiger partial charge in [0.15, 0.2) is 0 Å². The summed E-state index contributed by atoms with van der Waals surface area (Å²) >= 11 is 1.36. The number of nitrogens with zero attached hydrogens (tertiary/aromatic N) is 3. The average molecular weight is 377 g/mol. The van der Waals surface area contributed by atoms with Crippen LogP contribution in [0.1, 0.15) is 17.5 Å². The molecule has 0 aliphatic rings. The highest BCUT2D eigenvalue weighted by atomic mass is 32.1. The van der Waals surface area contributed by atoms with E-state index in [0.717, 1.165) is 16.9 Å². The second-order valence-corrected chi connectivity index (χ2v) is 6.37. The summed E-state index contributed by atoms with van der Waals surface area (Å²) in [7, 11) is 0. The van der Waals surface area contributed by atoms with E-state index in [0.29, 0.717) is 22.9 Å². The molecule has 0 radical (unpaired) electrons. The molecule has 0 amide bonds. The smallest absolute Gasteiger partial charge is 0.269 e. The number of thiazole rings is 1. The van der Waals surface area contributed by atoms with Crippen molar-refractivity contribution in [2.45, 2.75) is 6.92 Å². The monoisotopic (exact) mass is 377 g/mol. The van der Waals surface area contributed by atoms with E-state index < -0.39 is 4.92 Å². The van der Waals surface area contributed by atoms with Crippen LogP contribution in [0.25, 0.3) is 22.9 Å². The van der Waals surface area contributed by atoms with Crippen LogP contribution in [0.15, 0.2) is 53.9 Å². The summed E-state index contributed by atoms with van der Waals surface area (Å²) in [6.45, 7) is 2.52. The minimum atomic E-state index is -0.441. The van der Waals surface area contributed by atoms with Crippen molar-refractivity contribution in [1.82, 2.24) is 4.98 Å². The standard InChI is InChI=1S/C20H15N3O3S/c1-2-26-18-9-3-14(4-10-18)11-16(12-21)20-22-19(13-27-20)15-5-7-17(8-6-15)23(24)25/h3-11,13H,2H2,1H3/b16-11+. The molecule has 0 unspecified atom stereocenters. The number of non-ortho nitro benzene ring substituents is 1. The molecule has 0 atom stereocenters. The van der Waals surface area contributed by atoms with Crippen LogP contribution >= 0.6 is 11.3 Å². The Bertz CT molecular complexity index is 1020. The molecule has 2 aromatic carbocycles. The third-order valence-corrected chi connectivity index (χ3v) is 4.61. The summed E-state index contributed by atoms with van der Waals surface area (Å²) in [5.74, 6) is 0.780. The normalized spacial score (nSPS) is 11.0. The van der Waals surface area contributed by atoms with E-state index >= 15 is 0 Å². The average Bonchev–Trinajstić information content (AvgIpc) is 3.17. The van der Waals surface area contributed by atoms with Crippen LogP contribution in [0.4, 0.5) is 5.69 Å². The summed E-state index contributed by atoms with van der Waals surface area (Å²) in [5.41, 5.74) is 2.81. The molecule has 7 heteroatoms. The highest BCUT2D eigenvalue weighted by molar-refractivity contribution is 7.11. The molecule has 27 heavy (non-hydrogen) atoms. The molecule has 134 valence electrons. The third-order valence-electron chi connectivity index (χ3n) is 3.73. The van der Waals surface area contributed by atoms with E-state index in [-0.39, 0.29) is 5.69 Å². The molecule has 6 nitrogen and oxygen atoms in total. The Morgan fingerprint density at radius 1 is 1.26 bits per heavy atom. The van der Waals surface area contributed by atoms with Gasteiger partial charge in [-0.3, -0.25) is 10.1 Å². The van der Waals surface area contributed by atoms with E-state index in [1.54, 1.807) is 18.2 Å². The maximum absolute atomic E-state index is 10.8. The van der Waals surface area contributed by atoms with E-state index in [1.807, 2.05) is 36.6 Å². The largest absolute Gasteiger partial charge is 0.494 e. The first kappa shape index (κ1) is 18.3. The molecular weight excluding hydrogens is 362 g/mol. The van der Waals surface area contributed by atoms with E-state index in [4.69, 9.17) is 4.74 Å². The topological polar surface area (TPSA) is 89.0 Å². The van der Waals surface area contributed by atoms with Gasteiger partial charge in [0.1, 0.15) is 16.8 Å². The van der Waals surface area contributed by atoms with Crippen LogP contribution < -0.4 is 4.74 Å². The van der Waals surface area contributed by atoms with Crippen molar-refractivity contribution in [2.75, 3.05) is 6.61 Å². The Morgan fingerprint density at radius 2 is 1.96 bits per heavy atom. The maximum atomic E-state index is 10.8. The fourth-order valence-electron chi connectivity index (χ4n) is 2.42. The molecule has 1 aromatic heterocycles. The number of hydrogen-bond donors (Lipinski definition) is 0. The quantitative estimate of drug-likeness (QED) is 0.335. The molecule has 3 aromatic rings. The van der Waals surface area contributed by atoms with E-state index in [2.05, 4.69) is 11.1 Å². The Balaban J connectivity index is 1.84. The van der Waals surface area contributed by atoms with Gasteiger partial charge >= 0.3 is 0 Å². The summed E-state index contributed by atoms with van der Waals surface area (Å²) in [5, 5.41) is 22.7. The van der Waals surface area contributed by atoms with Gasteiger partial charge in [0, 0.05) is 23.1 Å². The molecule has 1 heterocycles. The van der Waals surface area contributed by atoms with Gasteiger partial charge in [0.2, 0.25) is 0 Å². The zero-order valence-corrected chi connectivity index (χ0v) is 15.3. The number of nitriles is 1. The first-order chi connectivity index (χ1) is 13.1. The zero-order valence-electron chi connectivity index (χ0n) is 14.5. The van der Waals surface area contributed by atoms with Crippen LogP contribution in [-0.2, 0) is 0 Å². The van der Waals surface area contributed by atoms with Crippen molar-refractivity contribution in [1.29, 1.82) is 5.26 Å². The number of nitro groups is 1. The lowest BCUT2D eigenvalue weighted by atomic mass is 10.1. The van der Waals surface area contributed by atoms with Crippen molar-refractivity contribution in [3.8, 4) is 23.1 Å². The minimum absolute atomic E-state index is 0.0299. The second kappa shape index (κ2) is 8.25. The van der Waals surface area contributed by atoms with Gasteiger partial charge in [-0.15, -0.1) is 11.3 Å². The summed E-state index contributed by atoms with van der Waals surface area (Å²) < 4.78 is 5.41. The lowest BCUT2D eigenvalue weighted by Gasteiger charge is -2.02. The second-order valence-electron chi connectivity index (χ2n) is 5.51. The first-order valence-corrected chi connectivity index (χ1v) is 9.04. The Hall–Kier alpha value is -3.50. The molecule has 3 rings (SSSR count). The fourth-order valence-corrected chi connectivity index (χ4v) is 3.21. The van der Waals surface area contributed by atoms with Gasteiger partial charge in [0.05, 0.1) is 22.8 Å². The predicted octanol–water partition coefficient (Wildman–Crippen LogP) is 5.18. The Morgan fingerprint density at radius 3 is 2.56 bits per heavy atom. The van der Waals surface area contributed by atoms with Gasteiger partial charge in [-0.2, -0.15) is 5.26 Å². The fraction of sp³-hybridized carbons (Fsp3) is 0.100. The lowest BCUT2D eigenvalue weighted by molar-refractivity contribution is -0.384.